The van der Waals surface area contributed by atoms with E-state index in [-0.39, 0.29) is 0 Å². The molecule has 7 rings (SSSR count). The lowest BCUT2D eigenvalue weighted by atomic mass is 10.0. The van der Waals surface area contributed by atoms with Gasteiger partial charge in [-0.05, 0) is 71.8 Å². The normalized spacial score (nSPS) is 11.7. The van der Waals surface area contributed by atoms with E-state index in [0.717, 1.165) is 72.8 Å². The van der Waals surface area contributed by atoms with Gasteiger partial charge in [0.05, 0.1) is 28.1 Å². The van der Waals surface area contributed by atoms with E-state index in [2.05, 4.69) is 143 Å². The maximum Gasteiger partial charge on any atom is 0.0862 e. The number of H-pyrrole nitrogens is 2. The van der Waals surface area contributed by atoms with Crippen LogP contribution in [-0.2, 0) is 0 Å². The van der Waals surface area contributed by atoms with Gasteiger partial charge in [-0.3, -0.25) is 0 Å². The Bertz CT molecular complexity index is 1810. The lowest BCUT2D eigenvalue weighted by molar-refractivity contribution is 1.13. The molecule has 0 aliphatic carbocycles. The summed E-state index contributed by atoms with van der Waals surface area (Å²) >= 11 is 0. The fraction of sp³-hybridized carbons (Fsp3) is 0.0571. The van der Waals surface area contributed by atoms with E-state index in [9.17, 15) is 0 Å². The molecule has 194 valence electrons. The highest BCUT2D eigenvalue weighted by Crippen LogP contribution is 2.36. The van der Waals surface area contributed by atoms with Crippen molar-refractivity contribution in [1.82, 2.24) is 15.0 Å². The van der Waals surface area contributed by atoms with E-state index in [1.165, 1.54) is 0 Å². The first-order valence-electron chi connectivity index (χ1n) is 13.4. The predicted octanol–water partition coefficient (Wildman–Crippen LogP) is 8.80. The Morgan fingerprint density at radius 3 is 1.50 bits per heavy atom. The smallest absolute Gasteiger partial charge is 0.0862 e. The number of rotatable bonds is 5. The number of fused-ring (bicyclic) bond motifs is 6. The van der Waals surface area contributed by atoms with E-state index in [0.29, 0.717) is 0 Å². The number of aromatic nitrogens is 3. The minimum absolute atomic E-state index is 0.934. The summed E-state index contributed by atoms with van der Waals surface area (Å²) in [6.45, 7) is 0. The number of hydrogen-bond acceptors (Lipinski definition) is 3. The molecule has 0 radical (unpaired) electrons. The Balaban J connectivity index is 1.55. The van der Waals surface area contributed by atoms with Gasteiger partial charge in [0.25, 0.3) is 0 Å². The number of hydrogen-bond donors (Lipinski definition) is 3. The molecule has 6 aromatic rings. The average molecular weight is 520 g/mol. The maximum atomic E-state index is 5.19. The number of aromatic amines is 2. The van der Waals surface area contributed by atoms with Crippen molar-refractivity contribution in [2.75, 3.05) is 24.3 Å². The number of nitrogens with one attached hydrogen (secondary N) is 3. The number of benzene rings is 3. The molecule has 0 saturated carbocycles. The molecule has 5 heteroatoms. The molecular weight excluding hydrogens is 490 g/mol. The van der Waals surface area contributed by atoms with Crippen LogP contribution < -0.4 is 10.2 Å². The predicted molar refractivity (Wildman–Crippen MR) is 169 cm³/mol. The molecule has 5 nitrogen and oxygen atoms in total. The molecule has 0 spiro atoms. The van der Waals surface area contributed by atoms with Gasteiger partial charge in [0.2, 0.25) is 0 Å². The highest BCUT2D eigenvalue weighted by Gasteiger charge is 2.16. The summed E-state index contributed by atoms with van der Waals surface area (Å²) in [6.07, 6.45) is 4.25. The van der Waals surface area contributed by atoms with Crippen LogP contribution in [0.5, 0.6) is 0 Å². The second-order valence-corrected chi connectivity index (χ2v) is 10.2. The molecule has 4 heterocycles. The molecule has 0 saturated heterocycles. The summed E-state index contributed by atoms with van der Waals surface area (Å²) in [5, 5.41) is 3.70. The van der Waals surface area contributed by atoms with E-state index in [4.69, 9.17) is 4.98 Å². The highest BCUT2D eigenvalue weighted by molar-refractivity contribution is 5.99. The van der Waals surface area contributed by atoms with Gasteiger partial charge in [-0.2, -0.15) is 0 Å². The molecule has 1 aliphatic rings. The molecule has 0 atom stereocenters. The SMILES string of the molecule is CN(C)c1ccc(Nc2c3ccc([nH]3)c(-c3ccccc3)c3nc(c(-c4ccccc4)c4ccc2[nH]4)C=C3)cc1. The average Bonchev–Trinajstić information content (AvgIpc) is 3.76. The molecule has 0 amide bonds. The molecule has 3 N–H and O–H groups in total. The molecule has 3 aromatic heterocycles. The standard InChI is InChI=1S/C35H29N5/c1-40(2)26-15-13-25(14-16-26)36-35-31-21-19-29(38-31)33(23-9-5-3-6-10-23)27-17-18-28(37-27)34(24-11-7-4-8-12-24)30-20-22-32(35)39-30/h3-22,36,38-39H,1-2H3. The summed E-state index contributed by atoms with van der Waals surface area (Å²) in [7, 11) is 4.10. The second kappa shape index (κ2) is 9.79. The largest absolute Gasteiger partial charge is 0.378 e. The zero-order chi connectivity index (χ0) is 27.1. The van der Waals surface area contributed by atoms with Gasteiger partial charge >= 0.3 is 0 Å². The molecule has 0 unspecified atom stereocenters. The van der Waals surface area contributed by atoms with E-state index >= 15 is 0 Å². The van der Waals surface area contributed by atoms with Crippen LogP contribution in [0, 0.1) is 0 Å². The Morgan fingerprint density at radius 1 is 0.550 bits per heavy atom. The maximum absolute atomic E-state index is 5.19. The summed E-state index contributed by atoms with van der Waals surface area (Å²) in [5.41, 5.74) is 13.4. The van der Waals surface area contributed by atoms with Gasteiger partial charge in [0, 0.05) is 47.6 Å². The minimum atomic E-state index is 0.934. The van der Waals surface area contributed by atoms with E-state index in [1.807, 2.05) is 12.1 Å². The topological polar surface area (TPSA) is 59.7 Å². The van der Waals surface area contributed by atoms with Crippen LogP contribution in [-0.4, -0.2) is 29.0 Å². The van der Waals surface area contributed by atoms with Crippen LogP contribution in [0.4, 0.5) is 17.1 Å². The summed E-state index contributed by atoms with van der Waals surface area (Å²) in [6, 6.07) is 38.0. The third-order valence-electron chi connectivity index (χ3n) is 7.38. The van der Waals surface area contributed by atoms with Crippen molar-refractivity contribution < 1.29 is 0 Å². The lowest BCUT2D eigenvalue weighted by Gasteiger charge is -2.13. The Morgan fingerprint density at radius 2 is 1.02 bits per heavy atom. The van der Waals surface area contributed by atoms with Gasteiger partial charge in [0.15, 0.2) is 0 Å². The zero-order valence-corrected chi connectivity index (χ0v) is 22.4. The van der Waals surface area contributed by atoms with Crippen molar-refractivity contribution >= 4 is 51.3 Å². The van der Waals surface area contributed by atoms with Crippen molar-refractivity contribution in [2.45, 2.75) is 0 Å². The second-order valence-electron chi connectivity index (χ2n) is 10.2. The van der Waals surface area contributed by atoms with Gasteiger partial charge in [-0.1, -0.05) is 60.7 Å². The Labute approximate surface area is 233 Å². The quantitative estimate of drug-likeness (QED) is 0.213. The van der Waals surface area contributed by atoms with Crippen LogP contribution >= 0.6 is 0 Å². The van der Waals surface area contributed by atoms with Crippen LogP contribution in [0.15, 0.2) is 109 Å². The summed E-state index contributed by atoms with van der Waals surface area (Å²) in [5.74, 6) is 0. The van der Waals surface area contributed by atoms with Gasteiger partial charge < -0.3 is 20.2 Å². The minimum Gasteiger partial charge on any atom is -0.378 e. The van der Waals surface area contributed by atoms with E-state index < -0.39 is 0 Å². The van der Waals surface area contributed by atoms with Crippen molar-refractivity contribution in [3.63, 3.8) is 0 Å². The Hall–Kier alpha value is -5.29. The van der Waals surface area contributed by atoms with E-state index in [1.54, 1.807) is 0 Å². The van der Waals surface area contributed by atoms with Crippen molar-refractivity contribution in [2.24, 2.45) is 0 Å². The first-order valence-corrected chi connectivity index (χ1v) is 13.4. The third-order valence-corrected chi connectivity index (χ3v) is 7.38. The molecule has 3 aromatic carbocycles. The van der Waals surface area contributed by atoms with Crippen LogP contribution in [0.2, 0.25) is 0 Å². The molecular formula is C35H29N5. The monoisotopic (exact) mass is 519 g/mol. The first-order chi connectivity index (χ1) is 19.6. The Kier molecular flexibility index (Phi) is 5.82. The summed E-state index contributed by atoms with van der Waals surface area (Å²) < 4.78 is 0. The van der Waals surface area contributed by atoms with Gasteiger partial charge in [0.1, 0.15) is 0 Å². The van der Waals surface area contributed by atoms with Gasteiger partial charge in [-0.25, -0.2) is 4.98 Å². The van der Waals surface area contributed by atoms with Crippen LogP contribution in [0.25, 0.3) is 56.5 Å². The van der Waals surface area contributed by atoms with Crippen LogP contribution in [0.3, 0.4) is 0 Å². The fourth-order valence-electron chi connectivity index (χ4n) is 5.37. The van der Waals surface area contributed by atoms with Gasteiger partial charge in [-0.15, -0.1) is 0 Å². The van der Waals surface area contributed by atoms with Crippen molar-refractivity contribution in [3.8, 4) is 22.3 Å². The van der Waals surface area contributed by atoms with Crippen molar-refractivity contribution in [3.05, 3.63) is 121 Å². The summed E-state index contributed by atoms with van der Waals surface area (Å²) in [4.78, 5) is 14.7. The first kappa shape index (κ1) is 23.8. The lowest BCUT2D eigenvalue weighted by Crippen LogP contribution is -2.08. The highest BCUT2D eigenvalue weighted by atomic mass is 15.1. The molecule has 1 aliphatic heterocycles. The fourth-order valence-corrected chi connectivity index (χ4v) is 5.37. The van der Waals surface area contributed by atoms with Crippen LogP contribution in [0.1, 0.15) is 11.4 Å². The number of anilines is 3. The van der Waals surface area contributed by atoms with Crippen molar-refractivity contribution in [1.29, 1.82) is 0 Å². The molecule has 40 heavy (non-hydrogen) atoms. The zero-order valence-electron chi connectivity index (χ0n) is 22.4. The number of nitrogens with zero attached hydrogens (tertiary/aromatic N) is 2. The molecule has 0 fully saturated rings. The third kappa shape index (κ3) is 4.28. The molecule has 6 bridgehead atoms.